The number of carbonyl (C=O) groups is 1. The predicted octanol–water partition coefficient (Wildman–Crippen LogP) is 3.57. The Labute approximate surface area is 193 Å². The largest absolute Gasteiger partial charge is 0.497 e. The molecule has 8 nitrogen and oxygen atoms in total. The Morgan fingerprint density at radius 2 is 2.00 bits per heavy atom. The summed E-state index contributed by atoms with van der Waals surface area (Å²) >= 11 is 2.72. The second-order valence-corrected chi connectivity index (χ2v) is 9.66. The third kappa shape index (κ3) is 4.66. The third-order valence-electron chi connectivity index (χ3n) is 5.09. The Balaban J connectivity index is 1.50. The zero-order valence-electron chi connectivity index (χ0n) is 18.2. The second-order valence-electron chi connectivity index (χ2n) is 7.81. The molecule has 0 bridgehead atoms. The summed E-state index contributed by atoms with van der Waals surface area (Å²) in [5.41, 5.74) is 1.73. The molecule has 4 aromatic rings. The van der Waals surface area contributed by atoms with Gasteiger partial charge in [-0.25, -0.2) is 0 Å². The van der Waals surface area contributed by atoms with Gasteiger partial charge in [-0.3, -0.25) is 18.6 Å². The van der Waals surface area contributed by atoms with E-state index in [0.29, 0.717) is 34.6 Å². The quantitative estimate of drug-likeness (QED) is 0.375. The minimum absolute atomic E-state index is 0.0377. The van der Waals surface area contributed by atoms with Crippen LogP contribution in [0.1, 0.15) is 25.8 Å². The van der Waals surface area contributed by atoms with Gasteiger partial charge in [0, 0.05) is 13.1 Å². The summed E-state index contributed by atoms with van der Waals surface area (Å²) in [6, 6.07) is 9.47. The van der Waals surface area contributed by atoms with Crippen molar-refractivity contribution in [1.29, 1.82) is 0 Å². The summed E-state index contributed by atoms with van der Waals surface area (Å²) in [6.07, 6.45) is 0.871. The maximum atomic E-state index is 13.0. The number of thioether (sulfide) groups is 1. The van der Waals surface area contributed by atoms with Crippen LogP contribution in [0.15, 0.2) is 45.7 Å². The lowest BCUT2D eigenvalue weighted by molar-refractivity contribution is -0.118. The molecule has 4 rings (SSSR count). The van der Waals surface area contributed by atoms with Gasteiger partial charge in [0.25, 0.3) is 5.56 Å². The van der Waals surface area contributed by atoms with E-state index in [9.17, 15) is 9.59 Å². The Morgan fingerprint density at radius 1 is 1.22 bits per heavy atom. The van der Waals surface area contributed by atoms with Crippen LogP contribution in [-0.2, 0) is 17.9 Å². The van der Waals surface area contributed by atoms with Crippen molar-refractivity contribution in [2.75, 3.05) is 12.9 Å². The molecule has 3 heterocycles. The summed E-state index contributed by atoms with van der Waals surface area (Å²) in [4.78, 5) is 25.4. The smallest absolute Gasteiger partial charge is 0.272 e. The van der Waals surface area contributed by atoms with E-state index in [1.54, 1.807) is 11.7 Å². The minimum Gasteiger partial charge on any atom is -0.497 e. The Bertz CT molecular complexity index is 1290. The first-order valence-electron chi connectivity index (χ1n) is 10.4. The Kier molecular flexibility index (Phi) is 6.80. The van der Waals surface area contributed by atoms with Gasteiger partial charge in [0.1, 0.15) is 10.4 Å². The van der Waals surface area contributed by atoms with Crippen molar-refractivity contribution in [2.24, 2.45) is 5.92 Å². The first-order valence-corrected chi connectivity index (χ1v) is 12.2. The van der Waals surface area contributed by atoms with E-state index >= 15 is 0 Å². The topological polar surface area (TPSA) is 90.5 Å². The number of fused-ring (bicyclic) bond motifs is 3. The van der Waals surface area contributed by atoms with Gasteiger partial charge in [-0.2, -0.15) is 0 Å². The van der Waals surface area contributed by atoms with Crippen molar-refractivity contribution in [3.8, 4) is 5.75 Å². The minimum atomic E-state index is -0.0998. The number of aryl methyl sites for hydroxylation is 1. The number of ether oxygens (including phenoxy) is 1. The third-order valence-corrected chi connectivity index (χ3v) is 6.91. The predicted molar refractivity (Wildman–Crippen MR) is 128 cm³/mol. The first kappa shape index (κ1) is 22.3. The summed E-state index contributed by atoms with van der Waals surface area (Å²) in [7, 11) is 1.62. The van der Waals surface area contributed by atoms with E-state index in [1.807, 2.05) is 40.1 Å². The molecule has 1 aromatic carbocycles. The van der Waals surface area contributed by atoms with Crippen molar-refractivity contribution in [3.05, 3.63) is 51.6 Å². The summed E-state index contributed by atoms with van der Waals surface area (Å²) in [5, 5.41) is 14.0. The van der Waals surface area contributed by atoms with E-state index in [-0.39, 0.29) is 17.2 Å². The number of methoxy groups -OCH3 is 1. The lowest BCUT2D eigenvalue weighted by Crippen LogP contribution is -2.25. The van der Waals surface area contributed by atoms with E-state index < -0.39 is 0 Å². The number of nitrogens with zero attached hydrogens (tertiary/aromatic N) is 4. The standard InChI is InChI=1S/C22H25N5O3S2/c1-14(2)8-10-26-20(29)19-17(9-11-31-19)27-21(26)24-25-22(27)32-13-18(28)23-12-15-4-6-16(30-3)7-5-15/h4-7,9,11,14H,8,10,12-13H2,1-3H3,(H,23,28). The molecule has 0 atom stereocenters. The fourth-order valence-corrected chi connectivity index (χ4v) is 4.90. The van der Waals surface area contributed by atoms with E-state index in [4.69, 9.17) is 4.74 Å². The molecule has 0 fully saturated rings. The number of amides is 1. The molecule has 0 aliphatic rings. The zero-order valence-corrected chi connectivity index (χ0v) is 19.8. The van der Waals surface area contributed by atoms with Crippen LogP contribution in [0.5, 0.6) is 5.75 Å². The molecule has 0 saturated heterocycles. The molecular formula is C22H25N5O3S2. The van der Waals surface area contributed by atoms with Crippen LogP contribution < -0.4 is 15.6 Å². The zero-order chi connectivity index (χ0) is 22.7. The fourth-order valence-electron chi connectivity index (χ4n) is 3.31. The van der Waals surface area contributed by atoms with Crippen LogP contribution in [0.4, 0.5) is 0 Å². The SMILES string of the molecule is COc1ccc(CNC(=O)CSc2nnc3n(CCC(C)C)c(=O)c4sccc4n23)cc1. The van der Waals surface area contributed by atoms with Crippen molar-refractivity contribution in [2.45, 2.75) is 38.5 Å². The number of thiophene rings is 1. The van der Waals surface area contributed by atoms with E-state index in [2.05, 4.69) is 29.4 Å². The average molecular weight is 472 g/mol. The highest BCUT2D eigenvalue weighted by Gasteiger charge is 2.18. The van der Waals surface area contributed by atoms with Gasteiger partial charge in [0.15, 0.2) is 5.16 Å². The van der Waals surface area contributed by atoms with Gasteiger partial charge in [0.05, 0.1) is 18.4 Å². The van der Waals surface area contributed by atoms with Gasteiger partial charge < -0.3 is 10.1 Å². The van der Waals surface area contributed by atoms with Crippen LogP contribution in [0.2, 0.25) is 0 Å². The normalized spacial score (nSPS) is 11.5. The molecule has 0 aliphatic heterocycles. The highest BCUT2D eigenvalue weighted by Crippen LogP contribution is 2.24. The molecule has 0 unspecified atom stereocenters. The van der Waals surface area contributed by atoms with Gasteiger partial charge >= 0.3 is 0 Å². The Morgan fingerprint density at radius 3 is 2.72 bits per heavy atom. The van der Waals surface area contributed by atoms with Crippen LogP contribution >= 0.6 is 23.1 Å². The average Bonchev–Trinajstić information content (AvgIpc) is 3.43. The van der Waals surface area contributed by atoms with Gasteiger partial charge in [0.2, 0.25) is 11.7 Å². The fraction of sp³-hybridized carbons (Fsp3) is 0.364. The van der Waals surface area contributed by atoms with Crippen molar-refractivity contribution in [3.63, 3.8) is 0 Å². The number of nitrogens with one attached hydrogen (secondary N) is 1. The van der Waals surface area contributed by atoms with Crippen LogP contribution in [-0.4, -0.2) is 37.9 Å². The summed E-state index contributed by atoms with van der Waals surface area (Å²) in [5.74, 6) is 1.86. The van der Waals surface area contributed by atoms with Gasteiger partial charge in [-0.15, -0.1) is 21.5 Å². The maximum absolute atomic E-state index is 13.0. The molecule has 32 heavy (non-hydrogen) atoms. The summed E-state index contributed by atoms with van der Waals surface area (Å²) in [6.45, 7) is 5.27. The molecule has 0 radical (unpaired) electrons. The number of rotatable bonds is 9. The van der Waals surface area contributed by atoms with Crippen molar-refractivity contribution >= 4 is 45.0 Å². The lowest BCUT2D eigenvalue weighted by Gasteiger charge is -2.10. The molecule has 3 aromatic heterocycles. The van der Waals surface area contributed by atoms with Crippen LogP contribution in [0.3, 0.4) is 0 Å². The van der Waals surface area contributed by atoms with Gasteiger partial charge in [-0.05, 0) is 41.5 Å². The molecule has 0 aliphatic carbocycles. The lowest BCUT2D eigenvalue weighted by atomic mass is 10.1. The number of aromatic nitrogens is 4. The van der Waals surface area contributed by atoms with Crippen LogP contribution in [0, 0.1) is 5.92 Å². The van der Waals surface area contributed by atoms with Crippen LogP contribution in [0.25, 0.3) is 16.0 Å². The number of hydrogen-bond acceptors (Lipinski definition) is 7. The Hall–Kier alpha value is -2.85. The van der Waals surface area contributed by atoms with E-state index in [1.165, 1.54) is 23.1 Å². The molecule has 0 saturated carbocycles. The summed E-state index contributed by atoms with van der Waals surface area (Å²) < 4.78 is 9.40. The van der Waals surface area contributed by atoms with E-state index in [0.717, 1.165) is 23.3 Å². The molecule has 0 spiro atoms. The number of hydrogen-bond donors (Lipinski definition) is 1. The van der Waals surface area contributed by atoms with Gasteiger partial charge in [-0.1, -0.05) is 37.7 Å². The molecule has 10 heteroatoms. The number of carbonyl (C=O) groups excluding carboxylic acids is 1. The molecule has 1 N–H and O–H groups in total. The first-order chi connectivity index (χ1) is 15.5. The molecule has 1 amide bonds. The van der Waals surface area contributed by atoms with Crippen molar-refractivity contribution < 1.29 is 9.53 Å². The molecule has 168 valence electrons. The number of benzene rings is 1. The molecular weight excluding hydrogens is 446 g/mol. The van der Waals surface area contributed by atoms with Crippen molar-refractivity contribution in [1.82, 2.24) is 24.5 Å². The maximum Gasteiger partial charge on any atom is 0.272 e. The second kappa shape index (κ2) is 9.74. The highest BCUT2D eigenvalue weighted by molar-refractivity contribution is 7.99. The monoisotopic (exact) mass is 471 g/mol. The highest BCUT2D eigenvalue weighted by atomic mass is 32.2.